The second-order valence-corrected chi connectivity index (χ2v) is 4.47. The van der Waals surface area contributed by atoms with E-state index in [-0.39, 0.29) is 18.4 Å². The van der Waals surface area contributed by atoms with Crippen molar-refractivity contribution in [1.29, 1.82) is 0 Å². The predicted molar refractivity (Wildman–Crippen MR) is 74.2 cm³/mol. The number of amides is 1. The number of carbonyl (C=O) groups excluding carboxylic acids is 2. The van der Waals surface area contributed by atoms with E-state index >= 15 is 0 Å². The quantitative estimate of drug-likeness (QED) is 0.721. The largest absolute Gasteiger partial charge is 0.462 e. The van der Waals surface area contributed by atoms with Gasteiger partial charge in [0.1, 0.15) is 5.56 Å². The smallest absolute Gasteiger partial charge is 0.341 e. The van der Waals surface area contributed by atoms with Crippen molar-refractivity contribution in [3.8, 4) is 0 Å². The van der Waals surface area contributed by atoms with Crippen LogP contribution in [0.5, 0.6) is 0 Å². The number of aryl methyl sites for hydroxylation is 1. The molecule has 0 atom stereocenters. The normalized spacial score (nSPS) is 10.7. The molecular formula is C13H22N4O3. The fourth-order valence-electron chi connectivity index (χ4n) is 1.84. The average Bonchev–Trinajstić information content (AvgIpc) is 2.71. The van der Waals surface area contributed by atoms with Gasteiger partial charge in [-0.3, -0.25) is 14.4 Å². The molecule has 0 fully saturated rings. The maximum absolute atomic E-state index is 11.8. The van der Waals surface area contributed by atoms with Crippen LogP contribution in [0.1, 0.15) is 29.9 Å². The van der Waals surface area contributed by atoms with Crippen LogP contribution >= 0.6 is 0 Å². The van der Waals surface area contributed by atoms with E-state index in [1.54, 1.807) is 18.7 Å². The van der Waals surface area contributed by atoms with Gasteiger partial charge in [0.2, 0.25) is 5.91 Å². The Bertz CT molecular complexity index is 470. The van der Waals surface area contributed by atoms with Gasteiger partial charge in [0.25, 0.3) is 0 Å². The molecule has 0 saturated heterocycles. The lowest BCUT2D eigenvalue weighted by molar-refractivity contribution is -0.121. The molecule has 1 heterocycles. The summed E-state index contributed by atoms with van der Waals surface area (Å²) in [6.45, 7) is 5.27. The second-order valence-electron chi connectivity index (χ2n) is 4.47. The number of esters is 1. The number of hydrogen-bond acceptors (Lipinski definition) is 5. The summed E-state index contributed by atoms with van der Waals surface area (Å²) in [6.07, 6.45) is 1.49. The highest BCUT2D eigenvalue weighted by molar-refractivity contribution is 5.90. The summed E-state index contributed by atoms with van der Waals surface area (Å²) in [6, 6.07) is 0. The van der Waals surface area contributed by atoms with E-state index in [0.29, 0.717) is 25.3 Å². The molecule has 1 aromatic rings. The van der Waals surface area contributed by atoms with Crippen molar-refractivity contribution in [1.82, 2.24) is 20.0 Å². The summed E-state index contributed by atoms with van der Waals surface area (Å²) in [5.74, 6) is -0.433. The highest BCUT2D eigenvalue weighted by Gasteiger charge is 2.19. The van der Waals surface area contributed by atoms with Crippen LogP contribution in [0, 0.1) is 0 Å². The molecule has 0 radical (unpaired) electrons. The molecule has 0 aromatic carbocycles. The van der Waals surface area contributed by atoms with Crippen LogP contribution in [0.15, 0.2) is 6.20 Å². The van der Waals surface area contributed by atoms with E-state index in [1.165, 1.54) is 6.20 Å². The van der Waals surface area contributed by atoms with Crippen LogP contribution in [0.2, 0.25) is 0 Å². The highest BCUT2D eigenvalue weighted by atomic mass is 16.5. The standard InChI is InChI=1S/C13H22N4O3/c1-5-14-12(18)9-16(3)8-11-10(7-15-17(11)4)13(19)20-6-2/h7H,5-6,8-9H2,1-4H3,(H,14,18). The minimum Gasteiger partial charge on any atom is -0.462 e. The number of nitrogens with one attached hydrogen (secondary N) is 1. The van der Waals surface area contributed by atoms with Crippen molar-refractivity contribution < 1.29 is 14.3 Å². The van der Waals surface area contributed by atoms with Crippen LogP contribution in [0.4, 0.5) is 0 Å². The van der Waals surface area contributed by atoms with Crippen molar-refractivity contribution in [2.75, 3.05) is 26.7 Å². The maximum Gasteiger partial charge on any atom is 0.341 e. The Hall–Kier alpha value is -1.89. The summed E-state index contributed by atoms with van der Waals surface area (Å²) < 4.78 is 6.62. The van der Waals surface area contributed by atoms with Crippen molar-refractivity contribution in [2.45, 2.75) is 20.4 Å². The Kier molecular flexibility index (Phi) is 6.17. The predicted octanol–water partition coefficient (Wildman–Crippen LogP) is 0.165. The molecule has 0 aliphatic carbocycles. The highest BCUT2D eigenvalue weighted by Crippen LogP contribution is 2.11. The van der Waals surface area contributed by atoms with Crippen LogP contribution in [-0.2, 0) is 23.1 Å². The molecule has 0 saturated carbocycles. The number of rotatable bonds is 7. The minimum absolute atomic E-state index is 0.0464. The first-order valence-electron chi connectivity index (χ1n) is 6.62. The van der Waals surface area contributed by atoms with Gasteiger partial charge in [-0.25, -0.2) is 4.79 Å². The van der Waals surface area contributed by atoms with Gasteiger partial charge in [-0.05, 0) is 20.9 Å². The molecule has 0 aliphatic rings. The Labute approximate surface area is 118 Å². The summed E-state index contributed by atoms with van der Waals surface area (Å²) in [5, 5.41) is 6.81. The van der Waals surface area contributed by atoms with Crippen LogP contribution in [-0.4, -0.2) is 53.3 Å². The van der Waals surface area contributed by atoms with E-state index in [2.05, 4.69) is 10.4 Å². The molecular weight excluding hydrogens is 260 g/mol. The number of aromatic nitrogens is 2. The fourth-order valence-corrected chi connectivity index (χ4v) is 1.84. The lowest BCUT2D eigenvalue weighted by Gasteiger charge is -2.17. The van der Waals surface area contributed by atoms with Gasteiger partial charge in [-0.15, -0.1) is 0 Å². The van der Waals surface area contributed by atoms with Crippen molar-refractivity contribution in [3.05, 3.63) is 17.5 Å². The molecule has 1 N–H and O–H groups in total. The topological polar surface area (TPSA) is 76.5 Å². The summed E-state index contributed by atoms with van der Waals surface area (Å²) in [4.78, 5) is 25.2. The van der Waals surface area contributed by atoms with Gasteiger partial charge >= 0.3 is 5.97 Å². The van der Waals surface area contributed by atoms with Gasteiger partial charge in [0, 0.05) is 20.1 Å². The van der Waals surface area contributed by atoms with E-state index < -0.39 is 0 Å². The van der Waals surface area contributed by atoms with Crippen LogP contribution in [0.3, 0.4) is 0 Å². The minimum atomic E-state index is -0.387. The Balaban J connectivity index is 2.74. The number of ether oxygens (including phenoxy) is 1. The van der Waals surface area contributed by atoms with Crippen molar-refractivity contribution in [2.24, 2.45) is 7.05 Å². The maximum atomic E-state index is 11.8. The third kappa shape index (κ3) is 4.34. The average molecular weight is 282 g/mol. The first-order valence-corrected chi connectivity index (χ1v) is 6.62. The van der Waals surface area contributed by atoms with E-state index in [0.717, 1.165) is 5.69 Å². The molecule has 1 amide bonds. The summed E-state index contributed by atoms with van der Waals surface area (Å²) >= 11 is 0. The summed E-state index contributed by atoms with van der Waals surface area (Å²) in [5.41, 5.74) is 1.17. The molecule has 0 bridgehead atoms. The van der Waals surface area contributed by atoms with Crippen molar-refractivity contribution >= 4 is 11.9 Å². The Morgan fingerprint density at radius 1 is 1.45 bits per heavy atom. The van der Waals surface area contributed by atoms with Crippen molar-refractivity contribution in [3.63, 3.8) is 0 Å². The zero-order valence-corrected chi connectivity index (χ0v) is 12.5. The number of likely N-dealkylation sites (N-methyl/N-ethyl adjacent to an activating group) is 2. The van der Waals surface area contributed by atoms with Gasteiger partial charge < -0.3 is 10.1 Å². The molecule has 0 unspecified atom stereocenters. The van der Waals surface area contributed by atoms with E-state index in [4.69, 9.17) is 4.74 Å². The lowest BCUT2D eigenvalue weighted by atomic mass is 10.2. The van der Waals surface area contributed by atoms with E-state index in [1.807, 2.05) is 18.9 Å². The number of hydrogen-bond donors (Lipinski definition) is 1. The number of nitrogens with zero attached hydrogens (tertiary/aromatic N) is 3. The SMILES string of the molecule is CCNC(=O)CN(C)Cc1c(C(=O)OCC)cnn1C. The Morgan fingerprint density at radius 2 is 2.15 bits per heavy atom. The molecule has 7 nitrogen and oxygen atoms in total. The third-order valence-corrected chi connectivity index (χ3v) is 2.76. The summed E-state index contributed by atoms with van der Waals surface area (Å²) in [7, 11) is 3.58. The molecule has 20 heavy (non-hydrogen) atoms. The van der Waals surface area contributed by atoms with Crippen LogP contribution < -0.4 is 5.32 Å². The monoisotopic (exact) mass is 282 g/mol. The van der Waals surface area contributed by atoms with Gasteiger partial charge in [0.15, 0.2) is 0 Å². The first kappa shape index (κ1) is 16.2. The molecule has 112 valence electrons. The van der Waals surface area contributed by atoms with Gasteiger partial charge in [0.05, 0.1) is 25.0 Å². The van der Waals surface area contributed by atoms with Gasteiger partial charge in [-0.1, -0.05) is 0 Å². The molecule has 1 rings (SSSR count). The third-order valence-electron chi connectivity index (χ3n) is 2.76. The Morgan fingerprint density at radius 3 is 2.75 bits per heavy atom. The fraction of sp³-hybridized carbons (Fsp3) is 0.615. The lowest BCUT2D eigenvalue weighted by Crippen LogP contribution is -2.35. The van der Waals surface area contributed by atoms with Crippen LogP contribution in [0.25, 0.3) is 0 Å². The van der Waals surface area contributed by atoms with Gasteiger partial charge in [-0.2, -0.15) is 5.10 Å². The van der Waals surface area contributed by atoms with E-state index in [9.17, 15) is 9.59 Å². The molecule has 0 aliphatic heterocycles. The molecule has 7 heteroatoms. The zero-order valence-electron chi connectivity index (χ0n) is 12.5. The second kappa shape index (κ2) is 7.64. The zero-order chi connectivity index (χ0) is 15.1. The molecule has 0 spiro atoms. The number of carbonyl (C=O) groups is 2. The first-order chi connectivity index (χ1) is 9.49. The molecule has 1 aromatic heterocycles.